The smallest absolute Gasteiger partial charge is 0.255 e. The number of hydrogen-bond donors (Lipinski definition) is 1. The van der Waals surface area contributed by atoms with Crippen molar-refractivity contribution in [2.75, 3.05) is 31.6 Å². The van der Waals surface area contributed by atoms with Crippen LogP contribution in [0.15, 0.2) is 48.5 Å². The molecule has 1 N–H and O–H groups in total. The fourth-order valence-electron chi connectivity index (χ4n) is 2.56. The minimum atomic E-state index is -0.115. The molecule has 1 heterocycles. The number of nitrogens with one attached hydrogen (secondary N) is 1. The lowest BCUT2D eigenvalue weighted by Crippen LogP contribution is -2.35. The summed E-state index contributed by atoms with van der Waals surface area (Å²) < 4.78 is 5.36. The van der Waals surface area contributed by atoms with E-state index in [1.807, 2.05) is 18.2 Å². The van der Waals surface area contributed by atoms with E-state index in [0.717, 1.165) is 44.1 Å². The summed E-state index contributed by atoms with van der Waals surface area (Å²) in [5.41, 5.74) is 2.53. The minimum Gasteiger partial charge on any atom is -0.379 e. The Hall–Kier alpha value is -1.88. The largest absolute Gasteiger partial charge is 0.379 e. The maximum absolute atomic E-state index is 12.4. The summed E-state index contributed by atoms with van der Waals surface area (Å²) in [5, 5.41) is 3.53. The number of nitrogens with zero attached hydrogens (tertiary/aromatic N) is 1. The van der Waals surface area contributed by atoms with E-state index in [9.17, 15) is 4.79 Å². The lowest BCUT2D eigenvalue weighted by molar-refractivity contribution is 0.0342. The van der Waals surface area contributed by atoms with Gasteiger partial charge in [0.1, 0.15) is 0 Å². The molecule has 2 aromatic carbocycles. The van der Waals surface area contributed by atoms with Crippen molar-refractivity contribution in [2.24, 2.45) is 0 Å². The molecule has 5 heteroatoms. The first-order valence-electron chi connectivity index (χ1n) is 7.67. The third-order valence-corrected chi connectivity index (χ3v) is 4.05. The van der Waals surface area contributed by atoms with Crippen LogP contribution in [0, 0.1) is 0 Å². The van der Waals surface area contributed by atoms with Crippen molar-refractivity contribution >= 4 is 23.2 Å². The van der Waals surface area contributed by atoms with Gasteiger partial charge in [-0.2, -0.15) is 0 Å². The van der Waals surface area contributed by atoms with Crippen LogP contribution in [0.5, 0.6) is 0 Å². The summed E-state index contributed by atoms with van der Waals surface area (Å²) in [6.45, 7) is 4.25. The van der Waals surface area contributed by atoms with Gasteiger partial charge in [0.2, 0.25) is 0 Å². The zero-order valence-corrected chi connectivity index (χ0v) is 13.6. The Balaban J connectivity index is 1.66. The van der Waals surface area contributed by atoms with E-state index in [-0.39, 0.29) is 5.91 Å². The van der Waals surface area contributed by atoms with Gasteiger partial charge in [0.05, 0.1) is 13.2 Å². The van der Waals surface area contributed by atoms with E-state index in [0.29, 0.717) is 10.6 Å². The fraction of sp³-hybridized carbons (Fsp3) is 0.278. The molecule has 0 radical (unpaired) electrons. The van der Waals surface area contributed by atoms with Crippen LogP contribution in [0.25, 0.3) is 0 Å². The van der Waals surface area contributed by atoms with Crippen LogP contribution < -0.4 is 5.32 Å². The zero-order valence-electron chi connectivity index (χ0n) is 12.8. The molecule has 0 unspecified atom stereocenters. The summed E-state index contributed by atoms with van der Waals surface area (Å²) >= 11 is 5.85. The second-order valence-electron chi connectivity index (χ2n) is 5.55. The van der Waals surface area contributed by atoms with Gasteiger partial charge in [0.25, 0.3) is 5.91 Å². The van der Waals surface area contributed by atoms with E-state index in [4.69, 9.17) is 16.3 Å². The highest BCUT2D eigenvalue weighted by Gasteiger charge is 2.12. The third kappa shape index (κ3) is 4.55. The molecule has 1 aliphatic rings. The van der Waals surface area contributed by atoms with Gasteiger partial charge >= 0.3 is 0 Å². The Labute approximate surface area is 141 Å². The molecule has 4 nitrogen and oxygen atoms in total. The monoisotopic (exact) mass is 330 g/mol. The normalized spacial score (nSPS) is 15.3. The molecule has 0 atom stereocenters. The molecular formula is C18H19ClN2O2. The Morgan fingerprint density at radius 3 is 2.61 bits per heavy atom. The van der Waals surface area contributed by atoms with Gasteiger partial charge in [-0.3, -0.25) is 9.69 Å². The maximum atomic E-state index is 12.4. The van der Waals surface area contributed by atoms with Gasteiger partial charge in [-0.15, -0.1) is 0 Å². The lowest BCUT2D eigenvalue weighted by Gasteiger charge is -2.26. The van der Waals surface area contributed by atoms with Crippen LogP contribution in [0.4, 0.5) is 5.69 Å². The first-order chi connectivity index (χ1) is 11.2. The van der Waals surface area contributed by atoms with Crippen molar-refractivity contribution in [3.8, 4) is 0 Å². The van der Waals surface area contributed by atoms with Gasteiger partial charge in [0.15, 0.2) is 0 Å². The SMILES string of the molecule is O=C(Nc1ccc(Cl)cc1)c1cccc(CN2CCOCC2)c1. The summed E-state index contributed by atoms with van der Waals surface area (Å²) in [5.74, 6) is -0.115. The molecule has 0 aliphatic carbocycles. The predicted octanol–water partition coefficient (Wildman–Crippen LogP) is 3.42. The number of hydrogen-bond acceptors (Lipinski definition) is 3. The van der Waals surface area contributed by atoms with Crippen molar-refractivity contribution < 1.29 is 9.53 Å². The molecule has 0 saturated carbocycles. The van der Waals surface area contributed by atoms with Gasteiger partial charge in [0, 0.05) is 35.9 Å². The van der Waals surface area contributed by atoms with Crippen molar-refractivity contribution in [3.63, 3.8) is 0 Å². The molecule has 1 aliphatic heterocycles. The molecule has 0 bridgehead atoms. The van der Waals surface area contributed by atoms with Crippen molar-refractivity contribution in [1.82, 2.24) is 4.90 Å². The molecule has 0 aromatic heterocycles. The number of ether oxygens (including phenoxy) is 1. The first-order valence-corrected chi connectivity index (χ1v) is 8.04. The highest BCUT2D eigenvalue weighted by molar-refractivity contribution is 6.30. The second-order valence-corrected chi connectivity index (χ2v) is 5.99. The predicted molar refractivity (Wildman–Crippen MR) is 91.9 cm³/mol. The summed E-state index contributed by atoms with van der Waals surface area (Å²) in [6.07, 6.45) is 0. The van der Waals surface area contributed by atoms with Gasteiger partial charge in [-0.1, -0.05) is 23.7 Å². The van der Waals surface area contributed by atoms with Crippen LogP contribution >= 0.6 is 11.6 Å². The maximum Gasteiger partial charge on any atom is 0.255 e. The van der Waals surface area contributed by atoms with Crippen molar-refractivity contribution in [2.45, 2.75) is 6.54 Å². The van der Waals surface area contributed by atoms with Gasteiger partial charge in [-0.25, -0.2) is 0 Å². The Bertz CT molecular complexity index is 667. The molecule has 23 heavy (non-hydrogen) atoms. The van der Waals surface area contributed by atoms with Crippen LogP contribution in [-0.2, 0) is 11.3 Å². The summed E-state index contributed by atoms with van der Waals surface area (Å²) in [7, 11) is 0. The number of carbonyl (C=O) groups is 1. The molecule has 1 saturated heterocycles. The van der Waals surface area contributed by atoms with Crippen molar-refractivity contribution in [3.05, 3.63) is 64.7 Å². The van der Waals surface area contributed by atoms with E-state index >= 15 is 0 Å². The summed E-state index contributed by atoms with van der Waals surface area (Å²) in [6, 6.07) is 14.8. The Morgan fingerprint density at radius 1 is 1.13 bits per heavy atom. The molecular weight excluding hydrogens is 312 g/mol. The Kier molecular flexibility index (Phi) is 5.28. The average molecular weight is 331 g/mol. The Morgan fingerprint density at radius 2 is 1.87 bits per heavy atom. The molecule has 0 spiro atoms. The molecule has 120 valence electrons. The number of morpholine rings is 1. The van der Waals surface area contributed by atoms with Gasteiger partial charge in [-0.05, 0) is 42.0 Å². The number of halogens is 1. The average Bonchev–Trinajstić information content (AvgIpc) is 2.58. The number of rotatable bonds is 4. The molecule has 1 amide bonds. The van der Waals surface area contributed by atoms with Gasteiger partial charge < -0.3 is 10.1 Å². The van der Waals surface area contributed by atoms with Crippen LogP contribution in [0.3, 0.4) is 0 Å². The fourth-order valence-corrected chi connectivity index (χ4v) is 2.69. The van der Waals surface area contributed by atoms with Crippen LogP contribution in [-0.4, -0.2) is 37.1 Å². The van der Waals surface area contributed by atoms with E-state index < -0.39 is 0 Å². The minimum absolute atomic E-state index is 0.115. The first kappa shape index (κ1) is 16.0. The lowest BCUT2D eigenvalue weighted by atomic mass is 10.1. The van der Waals surface area contributed by atoms with E-state index in [1.54, 1.807) is 24.3 Å². The highest BCUT2D eigenvalue weighted by Crippen LogP contribution is 2.15. The number of carbonyl (C=O) groups excluding carboxylic acids is 1. The topological polar surface area (TPSA) is 41.6 Å². The quantitative estimate of drug-likeness (QED) is 0.934. The second kappa shape index (κ2) is 7.59. The third-order valence-electron chi connectivity index (χ3n) is 3.80. The number of amides is 1. The zero-order chi connectivity index (χ0) is 16.1. The standard InChI is InChI=1S/C18H19ClN2O2/c19-16-4-6-17(7-5-16)20-18(22)15-3-1-2-14(12-15)13-21-8-10-23-11-9-21/h1-7,12H,8-11,13H2,(H,20,22). The molecule has 2 aromatic rings. The van der Waals surface area contributed by atoms with Crippen LogP contribution in [0.1, 0.15) is 15.9 Å². The number of anilines is 1. The highest BCUT2D eigenvalue weighted by atomic mass is 35.5. The molecule has 3 rings (SSSR count). The molecule has 1 fully saturated rings. The summed E-state index contributed by atoms with van der Waals surface area (Å²) in [4.78, 5) is 14.7. The number of benzene rings is 2. The van der Waals surface area contributed by atoms with E-state index in [1.165, 1.54) is 0 Å². The van der Waals surface area contributed by atoms with E-state index in [2.05, 4.69) is 16.3 Å². The van der Waals surface area contributed by atoms with Crippen LogP contribution in [0.2, 0.25) is 5.02 Å². The van der Waals surface area contributed by atoms with Crippen molar-refractivity contribution in [1.29, 1.82) is 0 Å².